The van der Waals surface area contributed by atoms with E-state index in [0.29, 0.717) is 25.9 Å². The van der Waals surface area contributed by atoms with Gasteiger partial charge in [-0.2, -0.15) is 0 Å². The summed E-state index contributed by atoms with van der Waals surface area (Å²) in [5.74, 6) is 0.102. The number of piperidine rings is 1. The van der Waals surface area contributed by atoms with Crippen LogP contribution in [0.5, 0.6) is 0 Å². The van der Waals surface area contributed by atoms with Gasteiger partial charge in [-0.3, -0.25) is 4.79 Å². The van der Waals surface area contributed by atoms with Gasteiger partial charge in [-0.25, -0.2) is 0 Å². The number of β-amino-alcohol motifs (C(OH)–C–C–N with tert-alkyl or cyclic N) is 1. The molecule has 2 atom stereocenters. The summed E-state index contributed by atoms with van der Waals surface area (Å²) in [5, 5.41) is 10.4. The molecule has 2 rings (SSSR count). The molecule has 0 spiro atoms. The van der Waals surface area contributed by atoms with Gasteiger partial charge in [-0.05, 0) is 37.0 Å². The van der Waals surface area contributed by atoms with Crippen molar-refractivity contribution in [2.45, 2.75) is 37.8 Å². The zero-order valence-corrected chi connectivity index (χ0v) is 12.2. The second-order valence-electron chi connectivity index (χ2n) is 5.34. The minimum atomic E-state index is -0.594. The fourth-order valence-electron chi connectivity index (χ4n) is 2.43. The molecule has 1 heterocycles. The summed E-state index contributed by atoms with van der Waals surface area (Å²) in [4.78, 5) is 13.8. The molecular weight excluding hydrogens is 276 g/mol. The number of hydrogen-bond donors (Lipinski definition) is 2. The summed E-state index contributed by atoms with van der Waals surface area (Å²) in [6, 6.07) is 7.49. The monoisotopic (exact) mass is 296 g/mol. The number of amides is 1. The number of hydrogen-bond acceptors (Lipinski definition) is 3. The number of likely N-dealkylation sites (tertiary alicyclic amines) is 1. The van der Waals surface area contributed by atoms with Gasteiger partial charge in [0.25, 0.3) is 0 Å². The zero-order chi connectivity index (χ0) is 14.5. The number of carbonyl (C=O) groups is 1. The Morgan fingerprint density at radius 3 is 2.75 bits per heavy atom. The van der Waals surface area contributed by atoms with Crippen molar-refractivity contribution in [1.82, 2.24) is 4.90 Å². The van der Waals surface area contributed by atoms with Gasteiger partial charge >= 0.3 is 0 Å². The van der Waals surface area contributed by atoms with Crippen molar-refractivity contribution in [2.75, 3.05) is 13.1 Å². The van der Waals surface area contributed by atoms with Crippen LogP contribution in [0.2, 0.25) is 5.02 Å². The molecule has 20 heavy (non-hydrogen) atoms. The highest BCUT2D eigenvalue weighted by Crippen LogP contribution is 2.14. The minimum Gasteiger partial charge on any atom is -0.390 e. The molecule has 5 heteroatoms. The lowest BCUT2D eigenvalue weighted by atomic mass is 10.0. The number of halogens is 1. The smallest absolute Gasteiger partial charge is 0.222 e. The molecule has 0 aliphatic carbocycles. The Hall–Kier alpha value is -1.10. The summed E-state index contributed by atoms with van der Waals surface area (Å²) in [7, 11) is 0. The highest BCUT2D eigenvalue weighted by molar-refractivity contribution is 6.30. The number of rotatable bonds is 4. The Balaban J connectivity index is 1.74. The van der Waals surface area contributed by atoms with Gasteiger partial charge in [-0.15, -0.1) is 0 Å². The second-order valence-corrected chi connectivity index (χ2v) is 5.78. The third-order valence-electron chi connectivity index (χ3n) is 3.76. The first-order chi connectivity index (χ1) is 9.56. The molecule has 1 aliphatic rings. The molecule has 0 bridgehead atoms. The standard InChI is InChI=1S/C15H21ClN2O2/c16-12-6-4-11(5-7-12)2-1-3-15(20)18-9-8-13(17)14(19)10-18/h4-7,13-14,19H,1-3,8-10,17H2/t13-,14-/m1/s1. The molecule has 1 fully saturated rings. The normalized spacial score (nSPS) is 22.9. The van der Waals surface area contributed by atoms with Crippen molar-refractivity contribution in [3.63, 3.8) is 0 Å². The van der Waals surface area contributed by atoms with E-state index in [1.54, 1.807) is 4.90 Å². The second kappa shape index (κ2) is 7.07. The van der Waals surface area contributed by atoms with Crippen molar-refractivity contribution in [1.29, 1.82) is 0 Å². The summed E-state index contributed by atoms with van der Waals surface area (Å²) < 4.78 is 0. The molecule has 0 radical (unpaired) electrons. The molecule has 1 aromatic carbocycles. The van der Waals surface area contributed by atoms with Crippen molar-refractivity contribution in [3.8, 4) is 0 Å². The molecule has 1 aromatic rings. The van der Waals surface area contributed by atoms with E-state index in [1.165, 1.54) is 5.56 Å². The highest BCUT2D eigenvalue weighted by Gasteiger charge is 2.27. The van der Waals surface area contributed by atoms with Crippen LogP contribution in [0.15, 0.2) is 24.3 Å². The number of carbonyl (C=O) groups excluding carboxylic acids is 1. The number of aliphatic hydroxyl groups is 1. The van der Waals surface area contributed by atoms with Crippen LogP contribution in [0.25, 0.3) is 0 Å². The zero-order valence-electron chi connectivity index (χ0n) is 11.5. The first-order valence-electron chi connectivity index (χ1n) is 7.02. The van der Waals surface area contributed by atoms with E-state index in [2.05, 4.69) is 0 Å². The maximum Gasteiger partial charge on any atom is 0.222 e. The van der Waals surface area contributed by atoms with Crippen molar-refractivity contribution < 1.29 is 9.90 Å². The van der Waals surface area contributed by atoms with Gasteiger partial charge in [-0.1, -0.05) is 23.7 Å². The first kappa shape index (κ1) is 15.3. The third kappa shape index (κ3) is 4.20. The van der Waals surface area contributed by atoms with E-state index in [4.69, 9.17) is 17.3 Å². The Bertz CT molecular complexity index is 450. The van der Waals surface area contributed by atoms with Crippen LogP contribution in [0, 0.1) is 0 Å². The van der Waals surface area contributed by atoms with Gasteiger partial charge in [0, 0.05) is 30.6 Å². The molecule has 1 amide bonds. The summed E-state index contributed by atoms with van der Waals surface area (Å²) in [5.41, 5.74) is 6.91. The third-order valence-corrected chi connectivity index (χ3v) is 4.01. The molecule has 110 valence electrons. The number of aryl methyl sites for hydroxylation is 1. The molecule has 1 aliphatic heterocycles. The lowest BCUT2D eigenvalue weighted by Crippen LogP contribution is -2.52. The average Bonchev–Trinajstić information content (AvgIpc) is 2.44. The van der Waals surface area contributed by atoms with Crippen LogP contribution >= 0.6 is 11.6 Å². The lowest BCUT2D eigenvalue weighted by Gasteiger charge is -2.34. The summed E-state index contributed by atoms with van der Waals surface area (Å²) in [6.45, 7) is 1.01. The Morgan fingerprint density at radius 2 is 2.10 bits per heavy atom. The molecular formula is C15H21ClN2O2. The molecule has 3 N–H and O–H groups in total. The summed E-state index contributed by atoms with van der Waals surface area (Å²) >= 11 is 5.83. The molecule has 0 unspecified atom stereocenters. The van der Waals surface area contributed by atoms with E-state index in [9.17, 15) is 9.90 Å². The van der Waals surface area contributed by atoms with Gasteiger partial charge in [0.1, 0.15) is 0 Å². The number of nitrogens with zero attached hydrogens (tertiary/aromatic N) is 1. The largest absolute Gasteiger partial charge is 0.390 e. The van der Waals surface area contributed by atoms with E-state index in [0.717, 1.165) is 17.9 Å². The minimum absolute atomic E-state index is 0.102. The topological polar surface area (TPSA) is 66.6 Å². The Labute approximate surface area is 124 Å². The van der Waals surface area contributed by atoms with Gasteiger partial charge in [0.05, 0.1) is 6.10 Å². The van der Waals surface area contributed by atoms with E-state index < -0.39 is 6.10 Å². The summed E-state index contributed by atoms with van der Waals surface area (Å²) in [6.07, 6.45) is 2.25. The van der Waals surface area contributed by atoms with E-state index in [-0.39, 0.29) is 11.9 Å². The number of nitrogens with two attached hydrogens (primary N) is 1. The van der Waals surface area contributed by atoms with E-state index in [1.807, 2.05) is 24.3 Å². The lowest BCUT2D eigenvalue weighted by molar-refractivity contribution is -0.134. The van der Waals surface area contributed by atoms with Crippen LogP contribution in [0.3, 0.4) is 0 Å². The molecule has 0 saturated carbocycles. The quantitative estimate of drug-likeness (QED) is 0.886. The van der Waals surface area contributed by atoms with Crippen LogP contribution in [0.1, 0.15) is 24.8 Å². The Morgan fingerprint density at radius 1 is 1.40 bits per heavy atom. The molecule has 4 nitrogen and oxygen atoms in total. The predicted octanol–water partition coefficient (Wildman–Crippen LogP) is 1.58. The average molecular weight is 297 g/mol. The fourth-order valence-corrected chi connectivity index (χ4v) is 2.56. The molecule has 1 saturated heterocycles. The van der Waals surface area contributed by atoms with Crippen molar-refractivity contribution in [3.05, 3.63) is 34.9 Å². The molecule has 0 aromatic heterocycles. The van der Waals surface area contributed by atoms with E-state index >= 15 is 0 Å². The SMILES string of the molecule is N[C@@H]1CCN(C(=O)CCCc2ccc(Cl)cc2)C[C@H]1O. The van der Waals surface area contributed by atoms with Crippen LogP contribution in [0.4, 0.5) is 0 Å². The van der Waals surface area contributed by atoms with Crippen molar-refractivity contribution >= 4 is 17.5 Å². The highest BCUT2D eigenvalue weighted by atomic mass is 35.5. The van der Waals surface area contributed by atoms with Crippen LogP contribution in [-0.2, 0) is 11.2 Å². The predicted molar refractivity (Wildman–Crippen MR) is 79.6 cm³/mol. The Kier molecular flexibility index (Phi) is 5.40. The van der Waals surface area contributed by atoms with Gasteiger partial charge in [0.2, 0.25) is 5.91 Å². The van der Waals surface area contributed by atoms with Crippen molar-refractivity contribution in [2.24, 2.45) is 5.73 Å². The fraction of sp³-hybridized carbons (Fsp3) is 0.533. The first-order valence-corrected chi connectivity index (χ1v) is 7.40. The maximum atomic E-state index is 12.0. The van der Waals surface area contributed by atoms with Crippen LogP contribution in [-0.4, -0.2) is 41.1 Å². The maximum absolute atomic E-state index is 12.0. The van der Waals surface area contributed by atoms with Crippen LogP contribution < -0.4 is 5.73 Å². The number of aliphatic hydroxyl groups excluding tert-OH is 1. The number of benzene rings is 1. The van der Waals surface area contributed by atoms with Gasteiger partial charge < -0.3 is 15.7 Å². The van der Waals surface area contributed by atoms with Gasteiger partial charge in [0.15, 0.2) is 0 Å².